The molecule has 0 fully saturated rings. The summed E-state index contributed by atoms with van der Waals surface area (Å²) in [6.07, 6.45) is 3.08. The Hall–Kier alpha value is -2.02. The molecule has 1 N–H and O–H groups in total. The first-order valence-electron chi connectivity index (χ1n) is 7.70. The van der Waals surface area contributed by atoms with Gasteiger partial charge in [-0.15, -0.1) is 11.3 Å². The third-order valence-electron chi connectivity index (χ3n) is 3.45. The molecule has 3 aromatic rings. The number of nitrogens with zero attached hydrogens (tertiary/aromatic N) is 1. The summed E-state index contributed by atoms with van der Waals surface area (Å²) in [5, 5.41) is 2.25. The van der Waals surface area contributed by atoms with Gasteiger partial charge in [0.05, 0.1) is 15.2 Å². The summed E-state index contributed by atoms with van der Waals surface area (Å²) < 4.78 is 27.7. The van der Waals surface area contributed by atoms with Crippen molar-refractivity contribution >= 4 is 37.7 Å². The van der Waals surface area contributed by atoms with Crippen LogP contribution in [-0.4, -0.2) is 19.9 Å². The highest BCUT2D eigenvalue weighted by Gasteiger charge is 2.06. The van der Waals surface area contributed by atoms with Crippen molar-refractivity contribution in [3.05, 3.63) is 70.6 Å². The van der Waals surface area contributed by atoms with Gasteiger partial charge in [0.25, 0.3) is 0 Å². The number of fused-ring (bicyclic) bond motifs is 1. The largest absolute Gasteiger partial charge is 0.241 e. The number of benzene rings is 2. The van der Waals surface area contributed by atoms with Gasteiger partial charge in [-0.05, 0) is 30.2 Å². The Morgan fingerprint density at radius 3 is 2.58 bits per heavy atom. The zero-order valence-corrected chi connectivity index (χ0v) is 14.7. The summed E-state index contributed by atoms with van der Waals surface area (Å²) in [4.78, 5) is 4.55. The van der Waals surface area contributed by atoms with Gasteiger partial charge in [-0.2, -0.15) is 0 Å². The Labute approximate surface area is 145 Å². The molecule has 24 heavy (non-hydrogen) atoms. The molecule has 6 heteroatoms. The van der Waals surface area contributed by atoms with Crippen LogP contribution in [0.4, 0.5) is 0 Å². The molecule has 0 aliphatic carbocycles. The van der Waals surface area contributed by atoms with Gasteiger partial charge in [0.15, 0.2) is 0 Å². The van der Waals surface area contributed by atoms with E-state index < -0.39 is 10.0 Å². The van der Waals surface area contributed by atoms with Crippen LogP contribution in [0.2, 0.25) is 0 Å². The Bertz CT molecular complexity index is 899. The molecule has 0 bridgehead atoms. The molecule has 0 saturated heterocycles. The van der Waals surface area contributed by atoms with Crippen molar-refractivity contribution in [3.63, 3.8) is 0 Å². The normalized spacial score (nSPS) is 12.2. The van der Waals surface area contributed by atoms with E-state index in [1.54, 1.807) is 17.4 Å². The number of sulfonamides is 1. The zero-order chi connectivity index (χ0) is 16.8. The Balaban J connectivity index is 1.49. The standard InChI is InChI=1S/C18H18N2O2S2/c21-24(22,14-12-15-7-2-1-3-8-15)19-13-6-11-18-20-16-9-4-5-10-17(16)23-18/h1-5,7-10,12,14,19H,6,11,13H2/b14-12+. The summed E-state index contributed by atoms with van der Waals surface area (Å²) in [5.41, 5.74) is 1.86. The highest BCUT2D eigenvalue weighted by Crippen LogP contribution is 2.22. The van der Waals surface area contributed by atoms with Crippen molar-refractivity contribution in [2.75, 3.05) is 6.54 Å². The molecule has 4 nitrogen and oxygen atoms in total. The van der Waals surface area contributed by atoms with Gasteiger partial charge in [0.1, 0.15) is 0 Å². The number of rotatable bonds is 7. The second kappa shape index (κ2) is 7.70. The van der Waals surface area contributed by atoms with Crippen LogP contribution in [0.3, 0.4) is 0 Å². The summed E-state index contributed by atoms with van der Waals surface area (Å²) in [6, 6.07) is 17.4. The van der Waals surface area contributed by atoms with Crippen molar-refractivity contribution in [3.8, 4) is 0 Å². The van der Waals surface area contributed by atoms with Gasteiger partial charge in [-0.1, -0.05) is 42.5 Å². The van der Waals surface area contributed by atoms with E-state index in [1.807, 2.05) is 54.6 Å². The number of nitrogens with one attached hydrogen (secondary N) is 1. The van der Waals surface area contributed by atoms with E-state index in [9.17, 15) is 8.42 Å². The summed E-state index contributed by atoms with van der Waals surface area (Å²) in [6.45, 7) is 0.400. The SMILES string of the molecule is O=S(=O)(/C=C/c1ccccc1)NCCCc1nc2ccccc2s1. The second-order valence-corrected chi connectivity index (χ2v) is 8.10. The lowest BCUT2D eigenvalue weighted by molar-refractivity contribution is 0.588. The lowest BCUT2D eigenvalue weighted by Crippen LogP contribution is -2.22. The molecular weight excluding hydrogens is 340 g/mol. The monoisotopic (exact) mass is 358 g/mol. The molecule has 2 aromatic carbocycles. The van der Waals surface area contributed by atoms with Crippen molar-refractivity contribution in [1.29, 1.82) is 0 Å². The van der Waals surface area contributed by atoms with Crippen molar-refractivity contribution in [2.24, 2.45) is 0 Å². The van der Waals surface area contributed by atoms with Crippen LogP contribution in [0.15, 0.2) is 60.0 Å². The molecule has 0 amide bonds. The Kier molecular flexibility index (Phi) is 5.40. The molecule has 0 radical (unpaired) electrons. The third kappa shape index (κ3) is 4.74. The number of para-hydroxylation sites is 1. The predicted octanol–water partition coefficient (Wildman–Crippen LogP) is 3.82. The smallest absolute Gasteiger partial charge is 0.233 e. The van der Waals surface area contributed by atoms with Crippen LogP contribution in [0, 0.1) is 0 Å². The fourth-order valence-electron chi connectivity index (χ4n) is 2.26. The van der Waals surface area contributed by atoms with Crippen LogP contribution in [0.25, 0.3) is 16.3 Å². The van der Waals surface area contributed by atoms with Crippen molar-refractivity contribution in [1.82, 2.24) is 9.71 Å². The molecule has 0 spiro atoms. The van der Waals surface area contributed by atoms with Gasteiger partial charge in [0.2, 0.25) is 10.0 Å². The number of hydrogen-bond donors (Lipinski definition) is 1. The van der Waals surface area contributed by atoms with E-state index in [2.05, 4.69) is 9.71 Å². The molecule has 1 heterocycles. The first-order valence-corrected chi connectivity index (χ1v) is 10.1. The maximum absolute atomic E-state index is 11.9. The van der Waals surface area contributed by atoms with E-state index in [-0.39, 0.29) is 0 Å². The van der Waals surface area contributed by atoms with Gasteiger partial charge >= 0.3 is 0 Å². The van der Waals surface area contributed by atoms with E-state index in [0.29, 0.717) is 6.54 Å². The average Bonchev–Trinajstić information content (AvgIpc) is 3.01. The summed E-state index contributed by atoms with van der Waals surface area (Å²) in [5.74, 6) is 0. The number of hydrogen-bond acceptors (Lipinski definition) is 4. The predicted molar refractivity (Wildman–Crippen MR) is 100 cm³/mol. The molecule has 0 aliphatic heterocycles. The minimum absolute atomic E-state index is 0.400. The van der Waals surface area contributed by atoms with Crippen LogP contribution in [0.5, 0.6) is 0 Å². The number of thiazole rings is 1. The highest BCUT2D eigenvalue weighted by atomic mass is 32.2. The minimum atomic E-state index is -3.41. The van der Waals surface area contributed by atoms with Crippen LogP contribution < -0.4 is 4.72 Å². The molecule has 0 aliphatic rings. The lowest BCUT2D eigenvalue weighted by Gasteiger charge is -2.01. The molecular formula is C18H18N2O2S2. The Morgan fingerprint density at radius 1 is 1.04 bits per heavy atom. The molecule has 124 valence electrons. The van der Waals surface area contributed by atoms with Crippen LogP contribution >= 0.6 is 11.3 Å². The minimum Gasteiger partial charge on any atom is -0.241 e. The Morgan fingerprint density at radius 2 is 1.79 bits per heavy atom. The molecule has 0 atom stereocenters. The summed E-state index contributed by atoms with van der Waals surface area (Å²) in [7, 11) is -3.41. The highest BCUT2D eigenvalue weighted by molar-refractivity contribution is 7.92. The lowest BCUT2D eigenvalue weighted by atomic mass is 10.2. The van der Waals surface area contributed by atoms with Crippen LogP contribution in [0.1, 0.15) is 17.0 Å². The van der Waals surface area contributed by atoms with Gasteiger partial charge in [-0.25, -0.2) is 18.1 Å². The first-order chi connectivity index (χ1) is 11.6. The summed E-state index contributed by atoms with van der Waals surface area (Å²) >= 11 is 1.66. The van der Waals surface area contributed by atoms with E-state index in [1.165, 1.54) is 10.1 Å². The third-order valence-corrected chi connectivity index (χ3v) is 5.65. The van der Waals surface area contributed by atoms with Crippen LogP contribution in [-0.2, 0) is 16.4 Å². The maximum atomic E-state index is 11.9. The first kappa shape index (κ1) is 16.8. The average molecular weight is 358 g/mol. The number of aryl methyl sites for hydroxylation is 1. The van der Waals surface area contributed by atoms with E-state index >= 15 is 0 Å². The molecule has 0 unspecified atom stereocenters. The van der Waals surface area contributed by atoms with E-state index in [4.69, 9.17) is 0 Å². The van der Waals surface area contributed by atoms with E-state index in [0.717, 1.165) is 28.9 Å². The fraction of sp³-hybridized carbons (Fsp3) is 0.167. The van der Waals surface area contributed by atoms with Crippen molar-refractivity contribution in [2.45, 2.75) is 12.8 Å². The van der Waals surface area contributed by atoms with Crippen molar-refractivity contribution < 1.29 is 8.42 Å². The second-order valence-electron chi connectivity index (χ2n) is 5.33. The fourth-order valence-corrected chi connectivity index (χ4v) is 4.13. The topological polar surface area (TPSA) is 59.1 Å². The maximum Gasteiger partial charge on any atom is 0.233 e. The zero-order valence-electron chi connectivity index (χ0n) is 13.1. The molecule has 3 rings (SSSR count). The molecule has 1 aromatic heterocycles. The van der Waals surface area contributed by atoms with Gasteiger partial charge < -0.3 is 0 Å². The molecule has 0 saturated carbocycles. The number of aromatic nitrogens is 1. The van der Waals surface area contributed by atoms with Gasteiger partial charge in [-0.3, -0.25) is 0 Å². The quantitative estimate of drug-likeness (QED) is 0.653. The van der Waals surface area contributed by atoms with Gasteiger partial charge in [0, 0.05) is 18.4 Å².